The van der Waals surface area contributed by atoms with E-state index in [9.17, 15) is 9.59 Å². The number of hydrogen-bond acceptors (Lipinski definition) is 6. The molecule has 8 heteroatoms. The van der Waals surface area contributed by atoms with Crippen LogP contribution in [-0.2, 0) is 13.1 Å². The van der Waals surface area contributed by atoms with Gasteiger partial charge in [-0.15, -0.1) is 0 Å². The minimum absolute atomic E-state index is 0.209. The van der Waals surface area contributed by atoms with Gasteiger partial charge in [-0.05, 0) is 37.6 Å². The van der Waals surface area contributed by atoms with Crippen LogP contribution in [0.5, 0.6) is 0 Å². The van der Waals surface area contributed by atoms with Crippen LogP contribution in [0, 0.1) is 13.8 Å². The first-order valence-electron chi connectivity index (χ1n) is 10.0. The second-order valence-corrected chi connectivity index (χ2v) is 7.60. The van der Waals surface area contributed by atoms with E-state index in [4.69, 9.17) is 4.42 Å². The lowest BCUT2D eigenvalue weighted by Gasteiger charge is -2.34. The molecule has 0 saturated carbocycles. The summed E-state index contributed by atoms with van der Waals surface area (Å²) in [6.45, 7) is 7.32. The zero-order valence-corrected chi connectivity index (χ0v) is 17.2. The quantitative estimate of drug-likeness (QED) is 0.642. The van der Waals surface area contributed by atoms with Crippen molar-refractivity contribution in [2.24, 2.45) is 0 Å². The third-order valence-corrected chi connectivity index (χ3v) is 5.37. The minimum atomic E-state index is -0.291. The molecule has 0 unspecified atom stereocenters. The minimum Gasteiger partial charge on any atom is -0.468 e. The highest BCUT2D eigenvalue weighted by Crippen LogP contribution is 2.13. The maximum atomic E-state index is 13.2. The zero-order chi connectivity index (χ0) is 21.1. The number of carbonyl (C=O) groups is 1. The molecule has 3 aromatic heterocycles. The van der Waals surface area contributed by atoms with Gasteiger partial charge in [0.1, 0.15) is 11.3 Å². The Morgan fingerprint density at radius 2 is 1.87 bits per heavy atom. The second kappa shape index (κ2) is 8.62. The van der Waals surface area contributed by atoms with E-state index in [1.807, 2.05) is 25.1 Å². The Balaban J connectivity index is 1.47. The van der Waals surface area contributed by atoms with Gasteiger partial charge >= 0.3 is 0 Å². The van der Waals surface area contributed by atoms with Crippen molar-refractivity contribution in [1.82, 2.24) is 24.3 Å². The number of nitrogens with zero attached hydrogens (tertiary/aromatic N) is 5. The van der Waals surface area contributed by atoms with E-state index in [1.165, 1.54) is 4.57 Å². The molecule has 0 N–H and O–H groups in total. The molecular weight excluding hydrogens is 382 g/mol. The molecule has 0 atom stereocenters. The molecule has 1 aliphatic rings. The SMILES string of the molecule is Cc1cnc(Cn2ccc(C)c(C(=O)N3CCN(Cc4ccco4)CC3)c2=O)cn1. The number of carbonyl (C=O) groups excluding carboxylic acids is 1. The number of aryl methyl sites for hydroxylation is 2. The Hall–Kier alpha value is -3.26. The summed E-state index contributed by atoms with van der Waals surface area (Å²) >= 11 is 0. The molecule has 0 aliphatic carbocycles. The van der Waals surface area contributed by atoms with Gasteiger partial charge in [-0.25, -0.2) is 0 Å². The van der Waals surface area contributed by atoms with Crippen molar-refractivity contribution in [3.63, 3.8) is 0 Å². The normalized spacial score (nSPS) is 14.8. The fraction of sp³-hybridized carbons (Fsp3) is 0.364. The molecule has 0 aromatic carbocycles. The molecule has 1 aliphatic heterocycles. The fourth-order valence-corrected chi connectivity index (χ4v) is 3.62. The van der Waals surface area contributed by atoms with Crippen LogP contribution >= 0.6 is 0 Å². The number of rotatable bonds is 5. The van der Waals surface area contributed by atoms with Gasteiger partial charge in [-0.2, -0.15) is 0 Å². The number of aromatic nitrogens is 3. The lowest BCUT2D eigenvalue weighted by molar-refractivity contribution is 0.0617. The summed E-state index contributed by atoms with van der Waals surface area (Å²) in [4.78, 5) is 38.8. The van der Waals surface area contributed by atoms with Crippen LogP contribution in [0.4, 0.5) is 0 Å². The Kier molecular flexibility index (Phi) is 5.76. The van der Waals surface area contributed by atoms with Crippen LogP contribution in [0.2, 0.25) is 0 Å². The smallest absolute Gasteiger partial charge is 0.264 e. The van der Waals surface area contributed by atoms with E-state index in [0.29, 0.717) is 24.3 Å². The lowest BCUT2D eigenvalue weighted by Crippen LogP contribution is -2.49. The number of piperazine rings is 1. The monoisotopic (exact) mass is 407 g/mol. The maximum Gasteiger partial charge on any atom is 0.264 e. The van der Waals surface area contributed by atoms with Gasteiger partial charge in [0.05, 0.1) is 36.9 Å². The van der Waals surface area contributed by atoms with Gasteiger partial charge in [-0.1, -0.05) is 0 Å². The zero-order valence-electron chi connectivity index (χ0n) is 17.2. The van der Waals surface area contributed by atoms with Gasteiger partial charge in [0.15, 0.2) is 0 Å². The lowest BCUT2D eigenvalue weighted by atomic mass is 10.1. The first-order chi connectivity index (χ1) is 14.5. The molecule has 1 amide bonds. The van der Waals surface area contributed by atoms with Crippen molar-refractivity contribution in [1.29, 1.82) is 0 Å². The summed E-state index contributed by atoms with van der Waals surface area (Å²) < 4.78 is 6.92. The molecule has 3 aromatic rings. The Bertz CT molecular complexity index is 1070. The van der Waals surface area contributed by atoms with E-state index in [0.717, 1.165) is 31.1 Å². The molecule has 1 fully saturated rings. The summed E-state index contributed by atoms with van der Waals surface area (Å²) in [6, 6.07) is 5.63. The van der Waals surface area contributed by atoms with Crippen molar-refractivity contribution >= 4 is 5.91 Å². The molecule has 0 spiro atoms. The third kappa shape index (κ3) is 4.33. The van der Waals surface area contributed by atoms with Crippen molar-refractivity contribution in [2.45, 2.75) is 26.9 Å². The van der Waals surface area contributed by atoms with Crippen LogP contribution < -0.4 is 5.56 Å². The Morgan fingerprint density at radius 3 is 2.53 bits per heavy atom. The number of pyridine rings is 1. The summed E-state index contributed by atoms with van der Waals surface area (Å²) in [6.07, 6.45) is 6.70. The highest BCUT2D eigenvalue weighted by atomic mass is 16.3. The largest absolute Gasteiger partial charge is 0.468 e. The maximum absolute atomic E-state index is 13.2. The third-order valence-electron chi connectivity index (χ3n) is 5.37. The standard InChI is InChI=1S/C22H25N5O3/c1-16-5-6-27(14-18-13-23-17(2)12-24-18)22(29)20(16)21(28)26-9-7-25(8-10-26)15-19-4-3-11-30-19/h3-6,11-13H,7-10,14-15H2,1-2H3. The number of furan rings is 1. The number of hydrogen-bond donors (Lipinski definition) is 0. The Labute approximate surface area is 174 Å². The second-order valence-electron chi connectivity index (χ2n) is 7.60. The topological polar surface area (TPSA) is 84.5 Å². The Morgan fingerprint density at radius 1 is 1.07 bits per heavy atom. The first-order valence-corrected chi connectivity index (χ1v) is 10.0. The molecule has 0 radical (unpaired) electrons. The van der Waals surface area contributed by atoms with Crippen molar-refractivity contribution in [3.05, 3.63) is 81.7 Å². The van der Waals surface area contributed by atoms with Gasteiger partial charge in [0.2, 0.25) is 0 Å². The van der Waals surface area contributed by atoms with Crippen LogP contribution in [0.15, 0.2) is 52.3 Å². The van der Waals surface area contributed by atoms with Crippen LogP contribution in [0.1, 0.15) is 33.1 Å². The highest BCUT2D eigenvalue weighted by molar-refractivity contribution is 5.95. The van der Waals surface area contributed by atoms with E-state index in [1.54, 1.807) is 36.7 Å². The summed E-state index contributed by atoms with van der Waals surface area (Å²) in [7, 11) is 0. The van der Waals surface area contributed by atoms with Crippen molar-refractivity contribution < 1.29 is 9.21 Å². The van der Waals surface area contributed by atoms with Crippen LogP contribution in [0.3, 0.4) is 0 Å². The summed E-state index contributed by atoms with van der Waals surface area (Å²) in [5.41, 5.74) is 2.13. The van der Waals surface area contributed by atoms with Crippen LogP contribution in [0.25, 0.3) is 0 Å². The molecule has 30 heavy (non-hydrogen) atoms. The molecule has 4 heterocycles. The molecule has 0 bridgehead atoms. The van der Waals surface area contributed by atoms with E-state index >= 15 is 0 Å². The predicted molar refractivity (Wildman–Crippen MR) is 111 cm³/mol. The van der Waals surface area contributed by atoms with Gasteiger partial charge in [0.25, 0.3) is 11.5 Å². The average molecular weight is 407 g/mol. The van der Waals surface area contributed by atoms with Crippen molar-refractivity contribution in [2.75, 3.05) is 26.2 Å². The highest BCUT2D eigenvalue weighted by Gasteiger charge is 2.26. The van der Waals surface area contributed by atoms with E-state index < -0.39 is 0 Å². The van der Waals surface area contributed by atoms with E-state index in [2.05, 4.69) is 14.9 Å². The number of amides is 1. The molecule has 4 rings (SSSR count). The van der Waals surface area contributed by atoms with Gasteiger partial charge in [0, 0.05) is 38.6 Å². The average Bonchev–Trinajstić information content (AvgIpc) is 3.25. The van der Waals surface area contributed by atoms with Crippen molar-refractivity contribution in [3.8, 4) is 0 Å². The summed E-state index contributed by atoms with van der Waals surface area (Å²) in [5, 5.41) is 0. The first kappa shape index (κ1) is 20.0. The van der Waals surface area contributed by atoms with Crippen LogP contribution in [-0.4, -0.2) is 56.4 Å². The molecule has 1 saturated heterocycles. The molecule has 156 valence electrons. The molecular formula is C22H25N5O3. The van der Waals surface area contributed by atoms with Gasteiger partial charge in [-0.3, -0.25) is 24.5 Å². The molecule has 8 nitrogen and oxygen atoms in total. The fourth-order valence-electron chi connectivity index (χ4n) is 3.62. The van der Waals surface area contributed by atoms with E-state index in [-0.39, 0.29) is 23.6 Å². The predicted octanol–water partition coefficient (Wildman–Crippen LogP) is 1.85. The van der Waals surface area contributed by atoms with Gasteiger partial charge < -0.3 is 13.9 Å². The summed E-state index contributed by atoms with van der Waals surface area (Å²) in [5.74, 6) is 0.704.